The van der Waals surface area contributed by atoms with Crippen LogP contribution in [0.4, 0.5) is 5.69 Å². The van der Waals surface area contributed by atoms with E-state index >= 15 is 0 Å². The molecule has 2 aliphatic rings. The van der Waals surface area contributed by atoms with Crippen molar-refractivity contribution in [2.24, 2.45) is 5.16 Å². The van der Waals surface area contributed by atoms with Gasteiger partial charge in [0.1, 0.15) is 0 Å². The van der Waals surface area contributed by atoms with E-state index in [-0.39, 0.29) is 0 Å². The lowest BCUT2D eigenvalue weighted by molar-refractivity contribution is 0.317. The van der Waals surface area contributed by atoms with Gasteiger partial charge in [-0.1, -0.05) is 23.4 Å². The maximum absolute atomic E-state index is 8.98. The van der Waals surface area contributed by atoms with E-state index in [4.69, 9.17) is 5.21 Å². The Hall–Kier alpha value is -1.51. The number of benzene rings is 1. The molecule has 1 aromatic rings. The Morgan fingerprint density at radius 1 is 1.20 bits per heavy atom. The second-order valence-corrected chi connectivity index (χ2v) is 4.20. The molecule has 1 aromatic carbocycles. The molecule has 0 atom stereocenters. The molecule has 0 saturated carbocycles. The van der Waals surface area contributed by atoms with E-state index in [1.165, 1.54) is 17.7 Å². The molecule has 2 aliphatic heterocycles. The SMILES string of the molecule is O/N=C1/CCN2CCCc3cccc1c32. The predicted octanol–water partition coefficient (Wildman–Crippen LogP) is 2.02. The summed E-state index contributed by atoms with van der Waals surface area (Å²) in [4.78, 5) is 2.42. The van der Waals surface area contributed by atoms with E-state index in [0.29, 0.717) is 0 Å². The van der Waals surface area contributed by atoms with Crippen LogP contribution in [0.5, 0.6) is 0 Å². The van der Waals surface area contributed by atoms with Gasteiger partial charge in [-0.2, -0.15) is 0 Å². The average Bonchev–Trinajstić information content (AvgIpc) is 2.30. The minimum Gasteiger partial charge on any atom is -0.411 e. The van der Waals surface area contributed by atoms with Gasteiger partial charge in [-0.3, -0.25) is 0 Å². The van der Waals surface area contributed by atoms with Crippen LogP contribution in [0.1, 0.15) is 24.0 Å². The number of para-hydroxylation sites is 1. The molecular weight excluding hydrogens is 188 g/mol. The second-order valence-electron chi connectivity index (χ2n) is 4.20. The zero-order valence-electron chi connectivity index (χ0n) is 8.61. The van der Waals surface area contributed by atoms with Crippen LogP contribution in [0.25, 0.3) is 0 Å². The fourth-order valence-corrected chi connectivity index (χ4v) is 2.67. The predicted molar refractivity (Wildman–Crippen MR) is 59.9 cm³/mol. The summed E-state index contributed by atoms with van der Waals surface area (Å²) in [5.74, 6) is 0. The molecule has 3 nitrogen and oxygen atoms in total. The molecule has 2 heterocycles. The Labute approximate surface area is 89.0 Å². The summed E-state index contributed by atoms with van der Waals surface area (Å²) in [7, 11) is 0. The fourth-order valence-electron chi connectivity index (χ4n) is 2.67. The van der Waals surface area contributed by atoms with Gasteiger partial charge in [-0.15, -0.1) is 0 Å². The highest BCUT2D eigenvalue weighted by molar-refractivity contribution is 6.07. The minimum absolute atomic E-state index is 0.838. The number of hydrogen-bond donors (Lipinski definition) is 1. The lowest BCUT2D eigenvalue weighted by Crippen LogP contribution is -2.36. The second kappa shape index (κ2) is 3.26. The lowest BCUT2D eigenvalue weighted by atomic mass is 9.91. The Kier molecular flexibility index (Phi) is 1.91. The van der Waals surface area contributed by atoms with Crippen LogP contribution in [0, 0.1) is 0 Å². The highest BCUT2D eigenvalue weighted by atomic mass is 16.4. The van der Waals surface area contributed by atoms with Gasteiger partial charge in [0.2, 0.25) is 0 Å². The summed E-state index contributed by atoms with van der Waals surface area (Å²) in [6.45, 7) is 2.13. The molecule has 0 aromatic heterocycles. The highest BCUT2D eigenvalue weighted by Gasteiger charge is 2.26. The normalized spacial score (nSPS) is 21.6. The smallest absolute Gasteiger partial charge is 0.0906 e. The largest absolute Gasteiger partial charge is 0.411 e. The molecule has 78 valence electrons. The molecule has 1 N–H and O–H groups in total. The van der Waals surface area contributed by atoms with E-state index in [1.54, 1.807) is 0 Å². The van der Waals surface area contributed by atoms with Crippen LogP contribution < -0.4 is 4.90 Å². The van der Waals surface area contributed by atoms with Gasteiger partial charge in [0.15, 0.2) is 0 Å². The molecule has 0 radical (unpaired) electrons. The number of oxime groups is 1. The van der Waals surface area contributed by atoms with E-state index in [9.17, 15) is 0 Å². The van der Waals surface area contributed by atoms with Crippen molar-refractivity contribution in [3.05, 3.63) is 29.3 Å². The molecular formula is C12H14N2O. The zero-order valence-corrected chi connectivity index (χ0v) is 8.61. The molecule has 3 rings (SSSR count). The molecule has 0 fully saturated rings. The lowest BCUT2D eigenvalue weighted by Gasteiger charge is -2.36. The monoisotopic (exact) mass is 202 g/mol. The quantitative estimate of drug-likeness (QED) is 0.516. The van der Waals surface area contributed by atoms with E-state index in [0.717, 1.165) is 37.2 Å². The molecule has 15 heavy (non-hydrogen) atoms. The van der Waals surface area contributed by atoms with Crippen LogP contribution in [0.2, 0.25) is 0 Å². The van der Waals surface area contributed by atoms with Crippen molar-refractivity contribution < 1.29 is 5.21 Å². The van der Waals surface area contributed by atoms with Gasteiger partial charge in [-0.05, 0) is 18.4 Å². The van der Waals surface area contributed by atoms with Crippen molar-refractivity contribution in [2.75, 3.05) is 18.0 Å². The molecule has 0 amide bonds. The minimum atomic E-state index is 0.838. The fraction of sp³-hybridized carbons (Fsp3) is 0.417. The third-order valence-electron chi connectivity index (χ3n) is 3.36. The first-order valence-corrected chi connectivity index (χ1v) is 5.48. The van der Waals surface area contributed by atoms with Gasteiger partial charge in [-0.25, -0.2) is 0 Å². The first-order chi connectivity index (χ1) is 7.40. The third kappa shape index (κ3) is 1.23. The third-order valence-corrected chi connectivity index (χ3v) is 3.36. The number of hydrogen-bond acceptors (Lipinski definition) is 3. The molecule has 0 aliphatic carbocycles. The van der Waals surface area contributed by atoms with Crippen LogP contribution in [-0.2, 0) is 6.42 Å². The Morgan fingerprint density at radius 3 is 3.00 bits per heavy atom. The van der Waals surface area contributed by atoms with Gasteiger partial charge < -0.3 is 10.1 Å². The van der Waals surface area contributed by atoms with Crippen molar-refractivity contribution >= 4 is 11.4 Å². The van der Waals surface area contributed by atoms with Crippen LogP contribution >= 0.6 is 0 Å². The van der Waals surface area contributed by atoms with Crippen molar-refractivity contribution in [2.45, 2.75) is 19.3 Å². The summed E-state index contributed by atoms with van der Waals surface area (Å²) >= 11 is 0. The number of anilines is 1. The molecule has 3 heteroatoms. The Balaban J connectivity index is 2.22. The molecule has 0 bridgehead atoms. The molecule has 0 spiro atoms. The summed E-state index contributed by atoms with van der Waals surface area (Å²) in [6, 6.07) is 6.31. The van der Waals surface area contributed by atoms with Crippen LogP contribution in [-0.4, -0.2) is 24.0 Å². The van der Waals surface area contributed by atoms with Gasteiger partial charge >= 0.3 is 0 Å². The molecule has 0 unspecified atom stereocenters. The Bertz CT molecular complexity index is 426. The summed E-state index contributed by atoms with van der Waals surface area (Å²) in [6.07, 6.45) is 3.24. The van der Waals surface area contributed by atoms with Crippen molar-refractivity contribution in [3.63, 3.8) is 0 Å². The standard InChI is InChI=1S/C12H14N2O/c15-13-11-6-8-14-7-2-4-9-3-1-5-10(11)12(9)14/h1,3,5,15H,2,4,6-8H2/b13-11-. The maximum Gasteiger partial charge on any atom is 0.0906 e. The van der Waals surface area contributed by atoms with Crippen LogP contribution in [0.15, 0.2) is 23.4 Å². The van der Waals surface area contributed by atoms with Gasteiger partial charge in [0, 0.05) is 30.8 Å². The van der Waals surface area contributed by atoms with Crippen molar-refractivity contribution in [3.8, 4) is 0 Å². The van der Waals surface area contributed by atoms with E-state index in [1.807, 2.05) is 0 Å². The van der Waals surface area contributed by atoms with E-state index in [2.05, 4.69) is 28.3 Å². The summed E-state index contributed by atoms with van der Waals surface area (Å²) in [5.41, 5.74) is 4.67. The first kappa shape index (κ1) is 8.77. The van der Waals surface area contributed by atoms with Crippen molar-refractivity contribution in [1.29, 1.82) is 0 Å². The highest BCUT2D eigenvalue weighted by Crippen LogP contribution is 2.34. The van der Waals surface area contributed by atoms with Gasteiger partial charge in [0.05, 0.1) is 5.71 Å². The summed E-state index contributed by atoms with van der Waals surface area (Å²) in [5, 5.41) is 12.4. The topological polar surface area (TPSA) is 35.8 Å². The first-order valence-electron chi connectivity index (χ1n) is 5.48. The maximum atomic E-state index is 8.98. The number of aryl methyl sites for hydroxylation is 1. The van der Waals surface area contributed by atoms with E-state index < -0.39 is 0 Å². The molecule has 0 saturated heterocycles. The number of rotatable bonds is 0. The van der Waals surface area contributed by atoms with Crippen LogP contribution in [0.3, 0.4) is 0 Å². The average molecular weight is 202 g/mol. The summed E-state index contributed by atoms with van der Waals surface area (Å²) < 4.78 is 0. The number of nitrogens with zero attached hydrogens (tertiary/aromatic N) is 2. The van der Waals surface area contributed by atoms with Gasteiger partial charge in [0.25, 0.3) is 0 Å². The Morgan fingerprint density at radius 2 is 2.13 bits per heavy atom. The zero-order chi connectivity index (χ0) is 10.3. The van der Waals surface area contributed by atoms with Crippen molar-refractivity contribution in [1.82, 2.24) is 0 Å².